The Labute approximate surface area is 131 Å². The smallest absolute Gasteiger partial charge is 0.354 e. The van der Waals surface area contributed by atoms with E-state index in [0.717, 1.165) is 19.6 Å². The Bertz CT molecular complexity index is 631. The summed E-state index contributed by atoms with van der Waals surface area (Å²) in [4.78, 5) is 14.2. The van der Waals surface area contributed by atoms with Crippen molar-refractivity contribution >= 4 is 16.0 Å². The fraction of sp³-hybridized carbons (Fsp3) is 0.643. The predicted octanol–water partition coefficient (Wildman–Crippen LogP) is 0.528. The topological polar surface area (TPSA) is 71.8 Å². The summed E-state index contributed by atoms with van der Waals surface area (Å²) >= 11 is 0. The Morgan fingerprint density at radius 1 is 1.23 bits per heavy atom. The lowest BCUT2D eigenvalue weighted by Crippen LogP contribution is -2.48. The van der Waals surface area contributed by atoms with Gasteiger partial charge in [-0.2, -0.15) is 4.31 Å². The van der Waals surface area contributed by atoms with Crippen molar-refractivity contribution in [2.24, 2.45) is 7.05 Å². The molecule has 1 aromatic rings. The van der Waals surface area contributed by atoms with Gasteiger partial charge in [0, 0.05) is 39.4 Å². The van der Waals surface area contributed by atoms with Crippen molar-refractivity contribution in [3.05, 3.63) is 18.0 Å². The highest BCUT2D eigenvalue weighted by Gasteiger charge is 2.30. The van der Waals surface area contributed by atoms with Gasteiger partial charge < -0.3 is 14.2 Å². The molecule has 0 saturated carbocycles. The quantitative estimate of drug-likeness (QED) is 0.737. The fourth-order valence-corrected chi connectivity index (χ4v) is 4.01. The van der Waals surface area contributed by atoms with Gasteiger partial charge in [-0.1, -0.05) is 6.92 Å². The molecule has 0 bridgehead atoms. The number of likely N-dealkylation sites (N-methyl/N-ethyl adjacent to an activating group) is 1. The summed E-state index contributed by atoms with van der Waals surface area (Å²) in [5.41, 5.74) is 0.243. The van der Waals surface area contributed by atoms with Gasteiger partial charge in [0.05, 0.1) is 6.61 Å². The maximum atomic E-state index is 12.7. The van der Waals surface area contributed by atoms with E-state index in [1.54, 1.807) is 14.0 Å². The summed E-state index contributed by atoms with van der Waals surface area (Å²) in [7, 11) is -1.93. The van der Waals surface area contributed by atoms with Crippen molar-refractivity contribution in [2.75, 3.05) is 39.3 Å². The first kappa shape index (κ1) is 17.0. The molecule has 124 valence electrons. The first-order chi connectivity index (χ1) is 10.4. The molecule has 22 heavy (non-hydrogen) atoms. The lowest BCUT2D eigenvalue weighted by molar-refractivity contribution is 0.0515. The lowest BCUT2D eigenvalue weighted by Gasteiger charge is -2.32. The molecule has 0 unspecified atom stereocenters. The van der Waals surface area contributed by atoms with Crippen LogP contribution in [0.15, 0.2) is 17.2 Å². The fourth-order valence-electron chi connectivity index (χ4n) is 2.52. The average molecular weight is 329 g/mol. The number of aromatic nitrogens is 1. The minimum atomic E-state index is -3.57. The van der Waals surface area contributed by atoms with E-state index in [2.05, 4.69) is 11.8 Å². The zero-order valence-corrected chi connectivity index (χ0v) is 14.1. The first-order valence-electron chi connectivity index (χ1n) is 7.46. The summed E-state index contributed by atoms with van der Waals surface area (Å²) in [5.74, 6) is -0.512. The molecule has 0 aromatic carbocycles. The molecule has 0 radical (unpaired) electrons. The third-order valence-electron chi connectivity index (χ3n) is 3.88. The number of rotatable bonds is 5. The number of piperazine rings is 1. The van der Waals surface area contributed by atoms with Gasteiger partial charge in [0.15, 0.2) is 0 Å². The standard InChI is InChI=1S/C14H23N3O4S/c1-4-16-6-8-17(9-7-16)22(19,20)12-10-13(15(3)11-12)14(18)21-5-2/h10-11H,4-9H2,1-3H3. The third-order valence-corrected chi connectivity index (χ3v) is 5.74. The van der Waals surface area contributed by atoms with Crippen molar-refractivity contribution in [3.8, 4) is 0 Å². The number of carbonyl (C=O) groups is 1. The molecular weight excluding hydrogens is 306 g/mol. The monoisotopic (exact) mass is 329 g/mol. The van der Waals surface area contributed by atoms with E-state index in [4.69, 9.17) is 4.74 Å². The van der Waals surface area contributed by atoms with Gasteiger partial charge in [0.1, 0.15) is 10.6 Å². The summed E-state index contributed by atoms with van der Waals surface area (Å²) < 4.78 is 33.2. The molecule has 1 aliphatic rings. The molecule has 2 rings (SSSR count). The van der Waals surface area contributed by atoms with Gasteiger partial charge in [-0.3, -0.25) is 0 Å². The Kier molecular flexibility index (Phi) is 5.25. The number of esters is 1. The van der Waals surface area contributed by atoms with Crippen LogP contribution in [0.1, 0.15) is 24.3 Å². The summed E-state index contributed by atoms with van der Waals surface area (Å²) in [6, 6.07) is 1.39. The second-order valence-electron chi connectivity index (χ2n) is 5.23. The molecule has 0 N–H and O–H groups in total. The van der Waals surface area contributed by atoms with Crippen molar-refractivity contribution in [3.63, 3.8) is 0 Å². The second-order valence-corrected chi connectivity index (χ2v) is 7.17. The highest BCUT2D eigenvalue weighted by Crippen LogP contribution is 2.20. The number of carbonyl (C=O) groups excluding carboxylic acids is 1. The molecular formula is C14H23N3O4S. The Balaban J connectivity index is 2.20. The third kappa shape index (κ3) is 3.34. The van der Waals surface area contributed by atoms with Crippen molar-refractivity contribution in [1.29, 1.82) is 0 Å². The number of hydrogen-bond acceptors (Lipinski definition) is 5. The number of hydrogen-bond donors (Lipinski definition) is 0. The van der Waals surface area contributed by atoms with Crippen LogP contribution in [-0.4, -0.2) is 67.5 Å². The van der Waals surface area contributed by atoms with E-state index < -0.39 is 16.0 Å². The molecule has 1 fully saturated rings. The number of aryl methyl sites for hydroxylation is 1. The normalized spacial score (nSPS) is 17.6. The number of nitrogens with zero attached hydrogens (tertiary/aromatic N) is 3. The molecule has 1 saturated heterocycles. The van der Waals surface area contributed by atoms with E-state index in [-0.39, 0.29) is 17.2 Å². The molecule has 8 heteroatoms. The van der Waals surface area contributed by atoms with E-state index in [9.17, 15) is 13.2 Å². The van der Waals surface area contributed by atoms with Crippen molar-refractivity contribution in [1.82, 2.24) is 13.8 Å². The van der Waals surface area contributed by atoms with Crippen LogP contribution in [0, 0.1) is 0 Å². The van der Waals surface area contributed by atoms with E-state index in [1.807, 2.05) is 0 Å². The SMILES string of the molecule is CCOC(=O)c1cc(S(=O)(=O)N2CCN(CC)CC2)cn1C. The van der Waals surface area contributed by atoms with Crippen LogP contribution in [0.4, 0.5) is 0 Å². The molecule has 0 atom stereocenters. The average Bonchev–Trinajstić information content (AvgIpc) is 2.90. The molecule has 2 heterocycles. The molecule has 0 amide bonds. The van der Waals surface area contributed by atoms with E-state index >= 15 is 0 Å². The van der Waals surface area contributed by atoms with Crippen LogP contribution in [0.2, 0.25) is 0 Å². The van der Waals surface area contributed by atoms with E-state index in [0.29, 0.717) is 13.1 Å². The highest BCUT2D eigenvalue weighted by atomic mass is 32.2. The van der Waals surface area contributed by atoms with Gasteiger partial charge in [-0.05, 0) is 19.5 Å². The zero-order valence-electron chi connectivity index (χ0n) is 13.3. The van der Waals surface area contributed by atoms with Gasteiger partial charge in [-0.15, -0.1) is 0 Å². The number of ether oxygens (including phenoxy) is 1. The minimum absolute atomic E-state index is 0.142. The molecule has 1 aliphatic heterocycles. The lowest BCUT2D eigenvalue weighted by atomic mass is 10.4. The first-order valence-corrected chi connectivity index (χ1v) is 8.90. The maximum Gasteiger partial charge on any atom is 0.354 e. The molecule has 0 spiro atoms. The van der Waals surface area contributed by atoms with Crippen LogP contribution in [0.25, 0.3) is 0 Å². The van der Waals surface area contributed by atoms with Gasteiger partial charge >= 0.3 is 5.97 Å². The summed E-state index contributed by atoms with van der Waals surface area (Å²) in [6.45, 7) is 7.36. The van der Waals surface area contributed by atoms with Gasteiger partial charge in [0.2, 0.25) is 10.0 Å². The van der Waals surface area contributed by atoms with Gasteiger partial charge in [0.25, 0.3) is 0 Å². The van der Waals surface area contributed by atoms with Gasteiger partial charge in [-0.25, -0.2) is 13.2 Å². The minimum Gasteiger partial charge on any atom is -0.461 e. The Morgan fingerprint density at radius 3 is 2.41 bits per heavy atom. The largest absolute Gasteiger partial charge is 0.461 e. The van der Waals surface area contributed by atoms with Crippen LogP contribution in [0.5, 0.6) is 0 Å². The predicted molar refractivity (Wildman–Crippen MR) is 82.2 cm³/mol. The van der Waals surface area contributed by atoms with Crippen LogP contribution >= 0.6 is 0 Å². The molecule has 0 aliphatic carbocycles. The maximum absolute atomic E-state index is 12.7. The second kappa shape index (κ2) is 6.80. The van der Waals surface area contributed by atoms with Crippen LogP contribution in [-0.2, 0) is 21.8 Å². The Morgan fingerprint density at radius 2 is 1.86 bits per heavy atom. The summed E-state index contributed by atoms with van der Waals surface area (Å²) in [6.07, 6.45) is 1.47. The van der Waals surface area contributed by atoms with Crippen molar-refractivity contribution < 1.29 is 17.9 Å². The Hall–Kier alpha value is -1.38. The summed E-state index contributed by atoms with van der Waals surface area (Å²) in [5, 5.41) is 0. The number of sulfonamides is 1. The molecule has 7 nitrogen and oxygen atoms in total. The highest BCUT2D eigenvalue weighted by molar-refractivity contribution is 7.89. The van der Waals surface area contributed by atoms with E-state index in [1.165, 1.54) is 21.1 Å². The zero-order chi connectivity index (χ0) is 16.3. The van der Waals surface area contributed by atoms with Crippen LogP contribution in [0.3, 0.4) is 0 Å². The van der Waals surface area contributed by atoms with Crippen molar-refractivity contribution in [2.45, 2.75) is 18.7 Å². The van der Waals surface area contributed by atoms with Crippen LogP contribution < -0.4 is 0 Å². The molecule has 1 aromatic heterocycles.